The molecule has 3 atom stereocenters. The van der Waals surface area contributed by atoms with Crippen LogP contribution in [0.1, 0.15) is 19.0 Å². The summed E-state index contributed by atoms with van der Waals surface area (Å²) in [5.74, 6) is 0.153. The SMILES string of the molecule is COC(=O)C1C[C@@H](NC(=O)O[C@@H](C)C(F)(F)F)CN(c2nc(C)cc(Nc3ccn[nH]3)n2)C1. The number of esters is 1. The van der Waals surface area contributed by atoms with Gasteiger partial charge in [-0.25, -0.2) is 9.78 Å². The zero-order valence-electron chi connectivity index (χ0n) is 18.1. The van der Waals surface area contributed by atoms with E-state index in [2.05, 4.69) is 35.5 Å². The maximum Gasteiger partial charge on any atom is 0.425 e. The molecule has 0 bridgehead atoms. The van der Waals surface area contributed by atoms with Gasteiger partial charge in [0.05, 0.1) is 25.3 Å². The summed E-state index contributed by atoms with van der Waals surface area (Å²) in [6.07, 6.45) is -6.47. The number of nitrogens with zero attached hydrogens (tertiary/aromatic N) is 4. The molecule has 2 aromatic heterocycles. The Morgan fingerprint density at radius 1 is 1.30 bits per heavy atom. The topological polar surface area (TPSA) is 134 Å². The van der Waals surface area contributed by atoms with Gasteiger partial charge < -0.3 is 25.0 Å². The second-order valence-corrected chi connectivity index (χ2v) is 7.58. The molecule has 3 N–H and O–H groups in total. The number of halogens is 3. The molecule has 1 saturated heterocycles. The van der Waals surface area contributed by atoms with Gasteiger partial charge in [-0.1, -0.05) is 0 Å². The highest BCUT2D eigenvalue weighted by Crippen LogP contribution is 2.25. The molecular formula is C19H24F3N7O4. The Balaban J connectivity index is 1.77. The van der Waals surface area contributed by atoms with Crippen LogP contribution in [-0.4, -0.2) is 70.7 Å². The van der Waals surface area contributed by atoms with Gasteiger partial charge in [0.2, 0.25) is 5.95 Å². The summed E-state index contributed by atoms with van der Waals surface area (Å²) in [6, 6.07) is 2.71. The largest absolute Gasteiger partial charge is 0.469 e. The molecule has 0 saturated carbocycles. The van der Waals surface area contributed by atoms with Gasteiger partial charge in [0.1, 0.15) is 11.6 Å². The van der Waals surface area contributed by atoms with Crippen LogP contribution in [0.4, 0.5) is 35.5 Å². The van der Waals surface area contributed by atoms with E-state index in [1.54, 1.807) is 30.2 Å². The molecule has 33 heavy (non-hydrogen) atoms. The van der Waals surface area contributed by atoms with Crippen molar-refractivity contribution in [3.8, 4) is 0 Å². The lowest BCUT2D eigenvalue weighted by Gasteiger charge is -2.37. The number of piperidine rings is 1. The van der Waals surface area contributed by atoms with E-state index < -0.39 is 36.3 Å². The predicted molar refractivity (Wildman–Crippen MR) is 110 cm³/mol. The van der Waals surface area contributed by atoms with Crippen LogP contribution in [0, 0.1) is 12.8 Å². The van der Waals surface area contributed by atoms with Gasteiger partial charge in [0.15, 0.2) is 6.10 Å². The Labute approximate surface area is 187 Å². The molecule has 0 aliphatic carbocycles. The van der Waals surface area contributed by atoms with E-state index in [0.29, 0.717) is 17.3 Å². The van der Waals surface area contributed by atoms with Crippen LogP contribution in [-0.2, 0) is 14.3 Å². The standard InChI is InChI=1S/C19H24F3N7O4/c1-10-6-15(26-14-4-5-23-28-14)27-17(24-10)29-8-12(16(30)32-3)7-13(9-29)25-18(31)33-11(2)19(20,21)22/h4-6,11-13H,7-9H2,1-3H3,(H,25,31)(H2,23,24,26,27,28)/t11-,12?,13+/m0/s1. The number of amides is 1. The van der Waals surface area contributed by atoms with Crippen LogP contribution in [0.25, 0.3) is 0 Å². The molecule has 2 aromatic rings. The molecule has 3 rings (SSSR count). The number of alkyl halides is 3. The summed E-state index contributed by atoms with van der Waals surface area (Å²) in [5, 5.41) is 12.0. The number of aryl methyl sites for hydroxylation is 1. The second kappa shape index (κ2) is 9.92. The lowest BCUT2D eigenvalue weighted by atomic mass is 9.94. The van der Waals surface area contributed by atoms with Gasteiger partial charge in [-0.05, 0) is 20.3 Å². The van der Waals surface area contributed by atoms with Crippen LogP contribution in [0.2, 0.25) is 0 Å². The van der Waals surface area contributed by atoms with E-state index in [1.165, 1.54) is 7.11 Å². The van der Waals surface area contributed by atoms with Gasteiger partial charge >= 0.3 is 18.2 Å². The van der Waals surface area contributed by atoms with Crippen LogP contribution in [0.3, 0.4) is 0 Å². The molecule has 0 radical (unpaired) electrons. The van der Waals surface area contributed by atoms with Gasteiger partial charge in [-0.3, -0.25) is 9.89 Å². The molecule has 0 spiro atoms. The third-order valence-electron chi connectivity index (χ3n) is 4.94. The van der Waals surface area contributed by atoms with Crippen molar-refractivity contribution in [1.29, 1.82) is 0 Å². The first-order valence-electron chi connectivity index (χ1n) is 10.0. The number of carbonyl (C=O) groups is 2. The number of rotatable bonds is 6. The molecule has 1 unspecified atom stereocenters. The molecule has 1 fully saturated rings. The number of ether oxygens (including phenoxy) is 2. The van der Waals surface area contributed by atoms with Crippen molar-refractivity contribution in [3.63, 3.8) is 0 Å². The minimum Gasteiger partial charge on any atom is -0.469 e. The molecule has 11 nitrogen and oxygen atoms in total. The Bertz CT molecular complexity index is 971. The van der Waals surface area contributed by atoms with Crippen LogP contribution >= 0.6 is 0 Å². The summed E-state index contributed by atoms with van der Waals surface area (Å²) in [6.45, 7) is 2.84. The Morgan fingerprint density at radius 3 is 2.70 bits per heavy atom. The number of methoxy groups -OCH3 is 1. The highest BCUT2D eigenvalue weighted by molar-refractivity contribution is 5.74. The number of aromatic nitrogens is 4. The first-order chi connectivity index (χ1) is 15.5. The van der Waals surface area contributed by atoms with Crippen molar-refractivity contribution in [3.05, 3.63) is 24.0 Å². The fourth-order valence-electron chi connectivity index (χ4n) is 3.35. The van der Waals surface area contributed by atoms with Crippen molar-refractivity contribution in [2.45, 2.75) is 38.6 Å². The zero-order chi connectivity index (χ0) is 24.2. The van der Waals surface area contributed by atoms with E-state index in [-0.39, 0.29) is 25.5 Å². The number of H-pyrrole nitrogens is 1. The molecular weight excluding hydrogens is 447 g/mol. The molecule has 1 aliphatic heterocycles. The molecule has 180 valence electrons. The van der Waals surface area contributed by atoms with E-state index in [1.807, 2.05) is 0 Å². The number of nitrogens with one attached hydrogen (secondary N) is 3. The van der Waals surface area contributed by atoms with Crippen molar-refractivity contribution in [2.24, 2.45) is 5.92 Å². The third kappa shape index (κ3) is 6.46. The number of hydrogen-bond donors (Lipinski definition) is 3. The number of hydrogen-bond acceptors (Lipinski definition) is 9. The normalized spacial score (nSPS) is 19.5. The Morgan fingerprint density at radius 2 is 2.06 bits per heavy atom. The quantitative estimate of drug-likeness (QED) is 0.543. The lowest BCUT2D eigenvalue weighted by Crippen LogP contribution is -2.53. The van der Waals surface area contributed by atoms with Gasteiger partial charge in [0.25, 0.3) is 0 Å². The van der Waals surface area contributed by atoms with Crippen LogP contribution in [0.15, 0.2) is 18.3 Å². The maximum atomic E-state index is 12.7. The fraction of sp³-hybridized carbons (Fsp3) is 0.526. The van der Waals surface area contributed by atoms with Crippen LogP contribution in [0.5, 0.6) is 0 Å². The van der Waals surface area contributed by atoms with Crippen molar-refractivity contribution in [1.82, 2.24) is 25.5 Å². The highest BCUT2D eigenvalue weighted by atomic mass is 19.4. The van der Waals surface area contributed by atoms with E-state index in [0.717, 1.165) is 6.92 Å². The molecule has 1 aliphatic rings. The number of alkyl carbamates (subject to hydrolysis) is 1. The summed E-state index contributed by atoms with van der Waals surface area (Å²) in [4.78, 5) is 34.8. The molecule has 1 amide bonds. The molecule has 3 heterocycles. The smallest absolute Gasteiger partial charge is 0.425 e. The molecule has 14 heteroatoms. The van der Waals surface area contributed by atoms with Crippen molar-refractivity contribution < 1.29 is 32.2 Å². The van der Waals surface area contributed by atoms with E-state index in [4.69, 9.17) is 4.74 Å². The van der Waals surface area contributed by atoms with Crippen LogP contribution < -0.4 is 15.5 Å². The van der Waals surface area contributed by atoms with Gasteiger partial charge in [-0.2, -0.15) is 23.3 Å². The van der Waals surface area contributed by atoms with Crippen molar-refractivity contribution in [2.75, 3.05) is 30.4 Å². The summed E-state index contributed by atoms with van der Waals surface area (Å²) < 4.78 is 47.3. The average molecular weight is 471 g/mol. The Kier molecular flexibility index (Phi) is 7.23. The minimum atomic E-state index is -4.68. The number of anilines is 3. The minimum absolute atomic E-state index is 0.149. The maximum absolute atomic E-state index is 12.7. The first kappa shape index (κ1) is 24.1. The average Bonchev–Trinajstić information content (AvgIpc) is 3.24. The first-order valence-corrected chi connectivity index (χ1v) is 10.0. The summed E-state index contributed by atoms with van der Waals surface area (Å²) in [7, 11) is 1.23. The summed E-state index contributed by atoms with van der Waals surface area (Å²) in [5.41, 5.74) is 0.630. The number of aromatic amines is 1. The van der Waals surface area contributed by atoms with Gasteiger partial charge in [0, 0.05) is 30.9 Å². The second-order valence-electron chi connectivity index (χ2n) is 7.58. The lowest BCUT2D eigenvalue weighted by molar-refractivity contribution is -0.197. The number of carbonyl (C=O) groups excluding carboxylic acids is 2. The highest BCUT2D eigenvalue weighted by Gasteiger charge is 2.40. The zero-order valence-corrected chi connectivity index (χ0v) is 18.1. The van der Waals surface area contributed by atoms with Crippen molar-refractivity contribution >= 4 is 29.6 Å². The van der Waals surface area contributed by atoms with Gasteiger partial charge in [-0.15, -0.1) is 0 Å². The molecule has 0 aromatic carbocycles. The Hall–Kier alpha value is -3.58. The summed E-state index contributed by atoms with van der Waals surface area (Å²) >= 11 is 0. The fourth-order valence-corrected chi connectivity index (χ4v) is 3.35. The van der Waals surface area contributed by atoms with E-state index in [9.17, 15) is 22.8 Å². The predicted octanol–water partition coefficient (Wildman–Crippen LogP) is 2.30. The third-order valence-corrected chi connectivity index (χ3v) is 4.94. The van der Waals surface area contributed by atoms with E-state index >= 15 is 0 Å². The monoisotopic (exact) mass is 471 g/mol.